The lowest BCUT2D eigenvalue weighted by Gasteiger charge is -2.31. The Hall–Kier alpha value is -1.26. The molecule has 0 aromatic rings. The van der Waals surface area contributed by atoms with Crippen molar-refractivity contribution in [1.82, 2.24) is 9.80 Å². The average molecular weight is 256 g/mol. The highest BCUT2D eigenvalue weighted by Gasteiger charge is 2.35. The minimum absolute atomic E-state index is 0.0484. The van der Waals surface area contributed by atoms with Gasteiger partial charge in [-0.05, 0) is 31.6 Å². The van der Waals surface area contributed by atoms with Gasteiger partial charge < -0.3 is 14.9 Å². The van der Waals surface area contributed by atoms with E-state index in [1.54, 1.807) is 11.9 Å². The molecular formula is C13H24N2O3. The van der Waals surface area contributed by atoms with Crippen molar-refractivity contribution in [2.24, 2.45) is 11.8 Å². The van der Waals surface area contributed by atoms with Crippen molar-refractivity contribution in [2.45, 2.75) is 39.7 Å². The van der Waals surface area contributed by atoms with Crippen LogP contribution < -0.4 is 0 Å². The molecule has 0 aromatic heterocycles. The molecule has 2 amide bonds. The topological polar surface area (TPSA) is 60.9 Å². The number of carboxylic acids is 1. The SMILES string of the molecule is CCC(C)N(CC(=O)O)C(=O)N(C)CC1CC1C. The third kappa shape index (κ3) is 3.89. The summed E-state index contributed by atoms with van der Waals surface area (Å²) in [6, 6.07) is -0.224. The minimum atomic E-state index is -0.961. The normalized spacial score (nSPS) is 23.3. The smallest absolute Gasteiger partial charge is 0.323 e. The minimum Gasteiger partial charge on any atom is -0.480 e. The Labute approximate surface area is 109 Å². The molecule has 1 rings (SSSR count). The Kier molecular flexibility index (Phi) is 4.99. The molecule has 0 radical (unpaired) electrons. The van der Waals surface area contributed by atoms with Crippen LogP contribution in [0, 0.1) is 11.8 Å². The molecular weight excluding hydrogens is 232 g/mol. The first kappa shape index (κ1) is 14.8. The molecule has 5 nitrogen and oxygen atoms in total. The monoisotopic (exact) mass is 256 g/mol. The molecule has 1 N–H and O–H groups in total. The summed E-state index contributed by atoms with van der Waals surface area (Å²) in [4.78, 5) is 26.2. The van der Waals surface area contributed by atoms with Gasteiger partial charge in [0, 0.05) is 19.6 Å². The van der Waals surface area contributed by atoms with E-state index < -0.39 is 5.97 Å². The molecule has 1 fully saturated rings. The van der Waals surface area contributed by atoms with Crippen molar-refractivity contribution in [3.63, 3.8) is 0 Å². The molecule has 0 spiro atoms. The van der Waals surface area contributed by atoms with Gasteiger partial charge in [0.15, 0.2) is 0 Å². The van der Waals surface area contributed by atoms with Gasteiger partial charge >= 0.3 is 12.0 Å². The highest BCUT2D eigenvalue weighted by molar-refractivity contribution is 5.80. The summed E-state index contributed by atoms with van der Waals surface area (Å²) in [5, 5.41) is 8.88. The second kappa shape index (κ2) is 6.07. The number of nitrogens with zero attached hydrogens (tertiary/aromatic N) is 2. The van der Waals surface area contributed by atoms with E-state index in [9.17, 15) is 9.59 Å². The van der Waals surface area contributed by atoms with Crippen molar-refractivity contribution < 1.29 is 14.7 Å². The summed E-state index contributed by atoms with van der Waals surface area (Å²) in [6.45, 7) is 6.52. The van der Waals surface area contributed by atoms with Gasteiger partial charge in [-0.25, -0.2) is 4.79 Å². The number of rotatable bonds is 6. The number of urea groups is 1. The molecule has 1 saturated carbocycles. The zero-order chi connectivity index (χ0) is 13.9. The van der Waals surface area contributed by atoms with Crippen LogP contribution >= 0.6 is 0 Å². The van der Waals surface area contributed by atoms with E-state index in [4.69, 9.17) is 5.11 Å². The summed E-state index contributed by atoms with van der Waals surface area (Å²) in [7, 11) is 1.75. The van der Waals surface area contributed by atoms with E-state index in [0.29, 0.717) is 11.8 Å². The summed E-state index contributed by atoms with van der Waals surface area (Å²) in [6.07, 6.45) is 1.92. The average Bonchev–Trinajstić information content (AvgIpc) is 2.99. The molecule has 5 heteroatoms. The van der Waals surface area contributed by atoms with Crippen LogP contribution in [0.5, 0.6) is 0 Å². The van der Waals surface area contributed by atoms with Gasteiger partial charge in [-0.15, -0.1) is 0 Å². The van der Waals surface area contributed by atoms with Crippen LogP contribution in [0.1, 0.15) is 33.6 Å². The zero-order valence-corrected chi connectivity index (χ0v) is 11.7. The van der Waals surface area contributed by atoms with Gasteiger partial charge in [-0.2, -0.15) is 0 Å². The van der Waals surface area contributed by atoms with Crippen molar-refractivity contribution in [3.05, 3.63) is 0 Å². The number of hydrogen-bond donors (Lipinski definition) is 1. The van der Waals surface area contributed by atoms with Crippen LogP contribution in [0.15, 0.2) is 0 Å². The number of amides is 2. The van der Waals surface area contributed by atoms with E-state index in [0.717, 1.165) is 13.0 Å². The molecule has 0 bridgehead atoms. The summed E-state index contributed by atoms with van der Waals surface area (Å²) in [5.41, 5.74) is 0. The van der Waals surface area contributed by atoms with Crippen molar-refractivity contribution >= 4 is 12.0 Å². The molecule has 18 heavy (non-hydrogen) atoms. The van der Waals surface area contributed by atoms with E-state index >= 15 is 0 Å². The highest BCUT2D eigenvalue weighted by Crippen LogP contribution is 2.38. The molecule has 104 valence electrons. The van der Waals surface area contributed by atoms with Crippen molar-refractivity contribution in [2.75, 3.05) is 20.1 Å². The molecule has 0 saturated heterocycles. The van der Waals surface area contributed by atoms with Crippen molar-refractivity contribution in [3.8, 4) is 0 Å². The Balaban J connectivity index is 2.59. The standard InChI is InChI=1S/C13H24N2O3/c1-5-10(3)15(8-12(16)17)13(18)14(4)7-11-6-9(11)2/h9-11H,5-8H2,1-4H3,(H,16,17). The maximum atomic E-state index is 12.2. The van der Waals surface area contributed by atoms with Gasteiger partial charge in [-0.3, -0.25) is 4.79 Å². The van der Waals surface area contributed by atoms with E-state index in [-0.39, 0.29) is 18.6 Å². The summed E-state index contributed by atoms with van der Waals surface area (Å²) >= 11 is 0. The number of carbonyl (C=O) groups is 2. The first-order valence-corrected chi connectivity index (χ1v) is 6.60. The number of aliphatic carboxylic acids is 1. The molecule has 0 heterocycles. The fourth-order valence-electron chi connectivity index (χ4n) is 2.08. The lowest BCUT2D eigenvalue weighted by Crippen LogP contribution is -2.48. The van der Waals surface area contributed by atoms with Crippen LogP contribution in [-0.2, 0) is 4.79 Å². The predicted molar refractivity (Wildman–Crippen MR) is 69.4 cm³/mol. The predicted octanol–water partition coefficient (Wildman–Crippen LogP) is 1.88. The fraction of sp³-hybridized carbons (Fsp3) is 0.846. The van der Waals surface area contributed by atoms with Gasteiger partial charge in [0.1, 0.15) is 6.54 Å². The van der Waals surface area contributed by atoms with Crippen molar-refractivity contribution in [1.29, 1.82) is 0 Å². The van der Waals surface area contributed by atoms with E-state index in [2.05, 4.69) is 6.92 Å². The Morgan fingerprint density at radius 1 is 1.44 bits per heavy atom. The first-order valence-electron chi connectivity index (χ1n) is 6.60. The number of carboxylic acid groups (broad SMARTS) is 1. The van der Waals surface area contributed by atoms with Crippen LogP contribution in [0.25, 0.3) is 0 Å². The lowest BCUT2D eigenvalue weighted by atomic mass is 10.2. The van der Waals surface area contributed by atoms with Crippen LogP contribution in [0.3, 0.4) is 0 Å². The van der Waals surface area contributed by atoms with Gasteiger partial charge in [0.2, 0.25) is 0 Å². The fourth-order valence-corrected chi connectivity index (χ4v) is 2.08. The van der Waals surface area contributed by atoms with Crippen LogP contribution in [0.2, 0.25) is 0 Å². The number of carbonyl (C=O) groups excluding carboxylic acids is 1. The molecule has 0 aromatic carbocycles. The Morgan fingerprint density at radius 3 is 2.39 bits per heavy atom. The molecule has 1 aliphatic rings. The van der Waals surface area contributed by atoms with Crippen LogP contribution in [-0.4, -0.2) is 53.1 Å². The maximum Gasteiger partial charge on any atom is 0.323 e. The third-order valence-electron chi connectivity index (χ3n) is 3.79. The second-order valence-electron chi connectivity index (χ2n) is 5.42. The third-order valence-corrected chi connectivity index (χ3v) is 3.79. The number of hydrogen-bond acceptors (Lipinski definition) is 2. The summed E-state index contributed by atoms with van der Waals surface area (Å²) < 4.78 is 0. The molecule has 3 atom stereocenters. The van der Waals surface area contributed by atoms with Gasteiger partial charge in [0.05, 0.1) is 0 Å². The molecule has 3 unspecified atom stereocenters. The quantitative estimate of drug-likeness (QED) is 0.789. The second-order valence-corrected chi connectivity index (χ2v) is 5.42. The van der Waals surface area contributed by atoms with E-state index in [1.165, 1.54) is 11.3 Å². The van der Waals surface area contributed by atoms with Crippen LogP contribution in [0.4, 0.5) is 4.79 Å². The molecule has 1 aliphatic carbocycles. The largest absolute Gasteiger partial charge is 0.480 e. The zero-order valence-electron chi connectivity index (χ0n) is 11.7. The van der Waals surface area contributed by atoms with Gasteiger partial charge in [-0.1, -0.05) is 13.8 Å². The molecule has 0 aliphatic heterocycles. The Bertz CT molecular complexity index is 319. The lowest BCUT2D eigenvalue weighted by molar-refractivity contribution is -0.138. The van der Waals surface area contributed by atoms with Gasteiger partial charge in [0.25, 0.3) is 0 Å². The maximum absolute atomic E-state index is 12.2. The Morgan fingerprint density at radius 2 is 2.00 bits per heavy atom. The first-order chi connectivity index (χ1) is 8.36. The van der Waals surface area contributed by atoms with E-state index in [1.807, 2.05) is 13.8 Å². The summed E-state index contributed by atoms with van der Waals surface area (Å²) in [5.74, 6) is 0.316. The highest BCUT2D eigenvalue weighted by atomic mass is 16.4.